The van der Waals surface area contributed by atoms with Gasteiger partial charge >= 0.3 is 5.97 Å². The largest absolute Gasteiger partial charge is 0.465 e. The third kappa shape index (κ3) is 3.92. The zero-order valence-corrected chi connectivity index (χ0v) is 17.1. The fourth-order valence-electron chi connectivity index (χ4n) is 3.38. The summed E-state index contributed by atoms with van der Waals surface area (Å²) in [5.74, 6) is -2.32. The molecule has 0 aromatic heterocycles. The fraction of sp³-hybridized carbons (Fsp3) is 0.0435. The number of nitro groups is 1. The van der Waals surface area contributed by atoms with Gasteiger partial charge in [0.2, 0.25) is 0 Å². The Kier molecular flexibility index (Phi) is 5.41. The van der Waals surface area contributed by atoms with Gasteiger partial charge in [-0.1, -0.05) is 6.07 Å². The quantitative estimate of drug-likeness (QED) is 0.275. The highest BCUT2D eigenvalue weighted by Crippen LogP contribution is 2.31. The Labute approximate surface area is 186 Å². The summed E-state index contributed by atoms with van der Waals surface area (Å²) < 4.78 is 4.68. The van der Waals surface area contributed by atoms with Crippen LogP contribution in [0.15, 0.2) is 66.7 Å². The van der Waals surface area contributed by atoms with E-state index in [2.05, 4.69) is 10.1 Å². The molecule has 10 heteroatoms. The Morgan fingerprint density at radius 3 is 2.27 bits per heavy atom. The predicted molar refractivity (Wildman–Crippen MR) is 116 cm³/mol. The number of nitrogens with zero attached hydrogens (tertiary/aromatic N) is 2. The lowest BCUT2D eigenvalue weighted by Gasteiger charge is -2.14. The van der Waals surface area contributed by atoms with Crippen molar-refractivity contribution < 1.29 is 28.8 Å². The van der Waals surface area contributed by atoms with Gasteiger partial charge < -0.3 is 10.1 Å². The number of carbonyl (C=O) groups is 4. The molecule has 0 unspecified atom stereocenters. The van der Waals surface area contributed by atoms with Crippen LogP contribution in [0.2, 0.25) is 0 Å². The number of rotatable bonds is 5. The molecular formula is C23H15N3O7. The molecule has 0 bridgehead atoms. The molecule has 3 aromatic carbocycles. The number of methoxy groups -OCH3 is 1. The molecule has 33 heavy (non-hydrogen) atoms. The van der Waals surface area contributed by atoms with E-state index in [1.54, 1.807) is 0 Å². The lowest BCUT2D eigenvalue weighted by Crippen LogP contribution is -2.29. The standard InChI is InChI=1S/C23H15N3O7/c1-33-23(30)14-3-2-4-17(11-14)25-21(28)18-10-7-15(12-19(18)22(25)29)24-20(27)13-5-8-16(9-6-13)26(31)32/h2-12H,1H3,(H,24,27). The second-order valence-corrected chi connectivity index (χ2v) is 7.01. The Hall–Kier alpha value is -4.86. The van der Waals surface area contributed by atoms with E-state index in [0.29, 0.717) is 0 Å². The summed E-state index contributed by atoms with van der Waals surface area (Å²) in [6.45, 7) is 0. The third-order valence-corrected chi connectivity index (χ3v) is 5.01. The van der Waals surface area contributed by atoms with Crippen molar-refractivity contribution in [3.8, 4) is 0 Å². The number of hydrogen-bond donors (Lipinski definition) is 1. The van der Waals surface area contributed by atoms with Crippen LogP contribution in [0.4, 0.5) is 17.1 Å². The highest BCUT2D eigenvalue weighted by atomic mass is 16.6. The van der Waals surface area contributed by atoms with Gasteiger partial charge in [-0.25, -0.2) is 9.69 Å². The average molecular weight is 445 g/mol. The van der Waals surface area contributed by atoms with Crippen molar-refractivity contribution in [2.75, 3.05) is 17.3 Å². The summed E-state index contributed by atoms with van der Waals surface area (Å²) in [6.07, 6.45) is 0. The van der Waals surface area contributed by atoms with Crippen molar-refractivity contribution >= 4 is 40.8 Å². The SMILES string of the molecule is COC(=O)c1cccc(N2C(=O)c3ccc(NC(=O)c4ccc([N+](=O)[O-])cc4)cc3C2=O)c1. The van der Waals surface area contributed by atoms with Gasteiger partial charge in [-0.3, -0.25) is 24.5 Å². The maximum atomic E-state index is 13.0. The number of benzene rings is 3. The number of nitrogens with one attached hydrogen (secondary N) is 1. The van der Waals surface area contributed by atoms with Gasteiger partial charge in [0.25, 0.3) is 23.4 Å². The Morgan fingerprint density at radius 1 is 0.909 bits per heavy atom. The van der Waals surface area contributed by atoms with E-state index in [-0.39, 0.29) is 39.3 Å². The Bertz CT molecular complexity index is 1330. The van der Waals surface area contributed by atoms with Crippen LogP contribution in [0.25, 0.3) is 0 Å². The first-order valence-corrected chi connectivity index (χ1v) is 9.57. The number of imide groups is 1. The maximum Gasteiger partial charge on any atom is 0.337 e. The molecule has 1 aliphatic rings. The molecule has 4 rings (SSSR count). The highest BCUT2D eigenvalue weighted by Gasteiger charge is 2.37. The molecule has 0 saturated carbocycles. The first kappa shape index (κ1) is 21.4. The van der Waals surface area contributed by atoms with Crippen LogP contribution in [0.1, 0.15) is 41.4 Å². The molecule has 0 aliphatic carbocycles. The van der Waals surface area contributed by atoms with Gasteiger partial charge in [0.05, 0.1) is 34.4 Å². The molecule has 0 saturated heterocycles. The van der Waals surface area contributed by atoms with E-state index in [1.807, 2.05) is 0 Å². The summed E-state index contributed by atoms with van der Waals surface area (Å²) >= 11 is 0. The molecule has 1 N–H and O–H groups in total. The van der Waals surface area contributed by atoms with Gasteiger partial charge in [0, 0.05) is 23.4 Å². The molecule has 0 spiro atoms. The van der Waals surface area contributed by atoms with E-state index < -0.39 is 28.6 Å². The van der Waals surface area contributed by atoms with Crippen molar-refractivity contribution in [1.82, 2.24) is 0 Å². The smallest absolute Gasteiger partial charge is 0.337 e. The van der Waals surface area contributed by atoms with Crippen molar-refractivity contribution in [3.05, 3.63) is 99.1 Å². The number of anilines is 2. The van der Waals surface area contributed by atoms with Crippen LogP contribution < -0.4 is 10.2 Å². The lowest BCUT2D eigenvalue weighted by atomic mass is 10.1. The molecule has 3 amide bonds. The normalized spacial score (nSPS) is 12.3. The van der Waals surface area contributed by atoms with Gasteiger partial charge in [-0.2, -0.15) is 0 Å². The number of amides is 3. The third-order valence-electron chi connectivity index (χ3n) is 5.01. The Morgan fingerprint density at radius 2 is 1.61 bits per heavy atom. The number of hydrogen-bond acceptors (Lipinski definition) is 7. The van der Waals surface area contributed by atoms with E-state index in [0.717, 1.165) is 4.90 Å². The van der Waals surface area contributed by atoms with Crippen LogP contribution in [0.5, 0.6) is 0 Å². The van der Waals surface area contributed by atoms with Crippen molar-refractivity contribution in [1.29, 1.82) is 0 Å². The first-order chi connectivity index (χ1) is 15.8. The topological polar surface area (TPSA) is 136 Å². The number of ether oxygens (including phenoxy) is 1. The fourth-order valence-corrected chi connectivity index (χ4v) is 3.38. The monoisotopic (exact) mass is 445 g/mol. The predicted octanol–water partition coefficient (Wildman–Crippen LogP) is 3.43. The molecule has 10 nitrogen and oxygen atoms in total. The van der Waals surface area contributed by atoms with Crippen molar-refractivity contribution in [2.45, 2.75) is 0 Å². The number of carbonyl (C=O) groups excluding carboxylic acids is 4. The minimum absolute atomic E-state index is 0.0879. The number of non-ortho nitro benzene ring substituents is 1. The zero-order chi connectivity index (χ0) is 23.7. The van der Waals surface area contributed by atoms with Gasteiger partial charge in [0.1, 0.15) is 0 Å². The molecular weight excluding hydrogens is 430 g/mol. The maximum absolute atomic E-state index is 13.0. The summed E-state index contributed by atoms with van der Waals surface area (Å²) in [5.41, 5.74) is 0.933. The highest BCUT2D eigenvalue weighted by molar-refractivity contribution is 6.34. The molecule has 0 radical (unpaired) electrons. The first-order valence-electron chi connectivity index (χ1n) is 9.57. The van der Waals surface area contributed by atoms with Crippen LogP contribution >= 0.6 is 0 Å². The van der Waals surface area contributed by atoms with Crippen LogP contribution in [-0.4, -0.2) is 35.7 Å². The van der Waals surface area contributed by atoms with Gasteiger partial charge in [0.15, 0.2) is 0 Å². The lowest BCUT2D eigenvalue weighted by molar-refractivity contribution is -0.384. The summed E-state index contributed by atoms with van der Waals surface area (Å²) in [6, 6.07) is 15.2. The van der Waals surface area contributed by atoms with Crippen LogP contribution in [0.3, 0.4) is 0 Å². The zero-order valence-electron chi connectivity index (χ0n) is 17.1. The van der Waals surface area contributed by atoms with Crippen LogP contribution in [0, 0.1) is 10.1 Å². The molecule has 164 valence electrons. The Balaban J connectivity index is 1.58. The molecule has 0 atom stereocenters. The second-order valence-electron chi connectivity index (χ2n) is 7.01. The molecule has 3 aromatic rings. The van der Waals surface area contributed by atoms with E-state index >= 15 is 0 Å². The van der Waals surface area contributed by atoms with E-state index in [4.69, 9.17) is 0 Å². The minimum Gasteiger partial charge on any atom is -0.465 e. The van der Waals surface area contributed by atoms with Gasteiger partial charge in [-0.05, 0) is 48.5 Å². The average Bonchev–Trinajstić information content (AvgIpc) is 3.08. The number of fused-ring (bicyclic) bond motifs is 1. The number of esters is 1. The van der Waals surface area contributed by atoms with Crippen molar-refractivity contribution in [3.63, 3.8) is 0 Å². The molecule has 1 aliphatic heterocycles. The summed E-state index contributed by atoms with van der Waals surface area (Å²) in [7, 11) is 1.23. The summed E-state index contributed by atoms with van der Waals surface area (Å²) in [4.78, 5) is 61.2. The summed E-state index contributed by atoms with van der Waals surface area (Å²) in [5, 5.41) is 13.4. The van der Waals surface area contributed by atoms with Crippen LogP contribution in [-0.2, 0) is 4.74 Å². The molecule has 0 fully saturated rings. The number of nitro benzene ring substituents is 1. The molecule has 1 heterocycles. The second kappa shape index (κ2) is 8.35. The van der Waals surface area contributed by atoms with Gasteiger partial charge in [-0.15, -0.1) is 0 Å². The van der Waals surface area contributed by atoms with Crippen molar-refractivity contribution in [2.24, 2.45) is 0 Å². The van der Waals surface area contributed by atoms with E-state index in [9.17, 15) is 29.3 Å². The minimum atomic E-state index is -0.608. The van der Waals surface area contributed by atoms with E-state index in [1.165, 1.54) is 73.8 Å².